The second kappa shape index (κ2) is 15.9. The van der Waals surface area contributed by atoms with E-state index in [1.54, 1.807) is 63.4 Å². The van der Waals surface area contributed by atoms with Crippen LogP contribution in [-0.2, 0) is 52.3 Å². The molecule has 296 valence electrons. The first kappa shape index (κ1) is 39.3. The summed E-state index contributed by atoms with van der Waals surface area (Å²) in [5.74, 6) is -1.55. The fourth-order valence-corrected chi connectivity index (χ4v) is 7.98. The van der Waals surface area contributed by atoms with E-state index in [9.17, 15) is 28.6 Å². The van der Waals surface area contributed by atoms with Crippen molar-refractivity contribution in [2.75, 3.05) is 13.7 Å². The highest BCUT2D eigenvalue weighted by Gasteiger charge is 2.34. The molecule has 0 saturated carbocycles. The molecule has 57 heavy (non-hydrogen) atoms. The number of phosphoric acid groups is 1. The summed E-state index contributed by atoms with van der Waals surface area (Å²) in [6.07, 6.45) is -0.0616. The van der Waals surface area contributed by atoms with Gasteiger partial charge in [-0.05, 0) is 72.4 Å². The van der Waals surface area contributed by atoms with E-state index < -0.39 is 49.6 Å². The van der Waals surface area contributed by atoms with Gasteiger partial charge in [0.25, 0.3) is 0 Å². The lowest BCUT2D eigenvalue weighted by Crippen LogP contribution is -2.53. The van der Waals surface area contributed by atoms with Crippen molar-refractivity contribution in [3.8, 4) is 16.9 Å². The van der Waals surface area contributed by atoms with E-state index in [1.807, 2.05) is 48.5 Å². The van der Waals surface area contributed by atoms with Crippen molar-refractivity contribution in [1.82, 2.24) is 15.2 Å². The minimum absolute atomic E-state index is 0.00553. The number of ether oxygens (including phenoxy) is 3. The van der Waals surface area contributed by atoms with E-state index in [0.29, 0.717) is 27.6 Å². The Kier molecular flexibility index (Phi) is 11.0. The van der Waals surface area contributed by atoms with Gasteiger partial charge in [-0.3, -0.25) is 18.8 Å². The predicted octanol–water partition coefficient (Wildman–Crippen LogP) is 6.78. The molecular weight excluding hydrogens is 753 g/mol. The molecule has 1 aliphatic carbocycles. The highest BCUT2D eigenvalue weighted by molar-refractivity contribution is 7.47. The molecule has 15 heteroatoms. The van der Waals surface area contributed by atoms with Gasteiger partial charge >= 0.3 is 26.0 Å². The molecule has 1 aliphatic heterocycles. The number of carbonyl (C=O) groups is 4. The first-order chi connectivity index (χ1) is 27.2. The van der Waals surface area contributed by atoms with Crippen LogP contribution in [0, 0.1) is 0 Å². The number of nitrogens with one attached hydrogen (secondary N) is 2. The Morgan fingerprint density at radius 3 is 2.25 bits per heavy atom. The Labute approximate surface area is 328 Å². The van der Waals surface area contributed by atoms with Crippen LogP contribution in [0.1, 0.15) is 54.5 Å². The van der Waals surface area contributed by atoms with Gasteiger partial charge in [-0.1, -0.05) is 72.8 Å². The van der Waals surface area contributed by atoms with E-state index in [1.165, 1.54) is 17.7 Å². The third kappa shape index (κ3) is 8.73. The van der Waals surface area contributed by atoms with Crippen LogP contribution in [-0.4, -0.2) is 64.9 Å². The number of para-hydroxylation sites is 1. The lowest BCUT2D eigenvalue weighted by molar-refractivity contribution is -0.145. The number of benzene rings is 4. The van der Waals surface area contributed by atoms with Crippen molar-refractivity contribution in [1.29, 1.82) is 0 Å². The molecule has 1 unspecified atom stereocenters. The summed E-state index contributed by atoms with van der Waals surface area (Å²) in [5.41, 5.74) is 5.48. The molecule has 3 atom stereocenters. The number of esters is 1. The van der Waals surface area contributed by atoms with Crippen molar-refractivity contribution < 1.29 is 51.9 Å². The van der Waals surface area contributed by atoms with Gasteiger partial charge in [0.15, 0.2) is 0 Å². The van der Waals surface area contributed by atoms with Gasteiger partial charge in [0.2, 0.25) is 5.91 Å². The Balaban J connectivity index is 1.15. The van der Waals surface area contributed by atoms with Crippen LogP contribution in [0.3, 0.4) is 0 Å². The van der Waals surface area contributed by atoms with Crippen LogP contribution in [0.4, 0.5) is 9.59 Å². The van der Waals surface area contributed by atoms with E-state index in [-0.39, 0.29) is 37.7 Å². The molecule has 0 fully saturated rings. The quantitative estimate of drug-likeness (QED) is 0.0770. The molecule has 2 aliphatic rings. The van der Waals surface area contributed by atoms with Crippen molar-refractivity contribution >= 4 is 42.8 Å². The number of alkyl carbamates (subject to hydrolysis) is 1. The average molecular weight is 796 g/mol. The molecule has 7 rings (SSSR count). The molecule has 14 nitrogen and oxygen atoms in total. The Morgan fingerprint density at radius 1 is 0.895 bits per heavy atom. The normalized spacial score (nSPS) is 16.9. The summed E-state index contributed by atoms with van der Waals surface area (Å²) in [7, 11) is -3.04. The van der Waals surface area contributed by atoms with E-state index in [4.69, 9.17) is 23.3 Å². The molecule has 0 radical (unpaired) electrons. The minimum Gasteiger partial charge on any atom is -0.467 e. The van der Waals surface area contributed by atoms with Gasteiger partial charge in [0.05, 0.1) is 19.2 Å². The number of methoxy groups -OCH3 is 1. The fourth-order valence-electron chi connectivity index (χ4n) is 7.19. The zero-order valence-corrected chi connectivity index (χ0v) is 32.6. The van der Waals surface area contributed by atoms with E-state index in [2.05, 4.69) is 10.6 Å². The molecule has 0 spiro atoms. The summed E-state index contributed by atoms with van der Waals surface area (Å²) in [4.78, 5) is 64.1. The van der Waals surface area contributed by atoms with Gasteiger partial charge in [0.1, 0.15) is 30.0 Å². The first-order valence-corrected chi connectivity index (χ1v) is 19.8. The third-order valence-electron chi connectivity index (χ3n) is 9.72. The van der Waals surface area contributed by atoms with E-state index in [0.717, 1.165) is 22.3 Å². The molecule has 2 amide bonds. The van der Waals surface area contributed by atoms with Crippen molar-refractivity contribution in [2.24, 2.45) is 0 Å². The van der Waals surface area contributed by atoms with Crippen molar-refractivity contribution in [3.05, 3.63) is 125 Å². The molecule has 0 bridgehead atoms. The predicted molar refractivity (Wildman–Crippen MR) is 209 cm³/mol. The topological polar surface area (TPSA) is 181 Å². The average Bonchev–Trinajstić information content (AvgIpc) is 3.71. The number of fused-ring (bicyclic) bond motifs is 5. The number of nitrogens with zero attached hydrogens (tertiary/aromatic N) is 1. The van der Waals surface area contributed by atoms with Gasteiger partial charge in [0, 0.05) is 35.9 Å². The van der Waals surface area contributed by atoms with Gasteiger partial charge in [-0.2, -0.15) is 0 Å². The van der Waals surface area contributed by atoms with Gasteiger partial charge in [-0.15, -0.1) is 0 Å². The highest BCUT2D eigenvalue weighted by Crippen LogP contribution is 2.50. The molecule has 2 heterocycles. The number of amides is 2. The molecule has 5 aromatic rings. The second-order valence-electron chi connectivity index (χ2n) is 14.8. The smallest absolute Gasteiger partial charge is 0.467 e. The molecule has 4 aromatic carbocycles. The monoisotopic (exact) mass is 795 g/mol. The maximum absolute atomic E-state index is 14.3. The number of hydrogen-bond acceptors (Lipinski definition) is 10. The summed E-state index contributed by atoms with van der Waals surface area (Å²) in [5, 5.41) is 6.10. The SMILES string of the molecule is COC(=O)[C@H](Cc1ccc2c(c1)COP(=O)(O)O2)NC(=O)[C@H](Cc1cn(C(=O)OC(C)(C)C)c2ccccc12)NC(=O)OCC1c2ccccc2-c2ccccc21. The Morgan fingerprint density at radius 2 is 1.56 bits per heavy atom. The maximum Gasteiger partial charge on any atom is 0.527 e. The maximum atomic E-state index is 14.3. The van der Waals surface area contributed by atoms with Crippen LogP contribution in [0.25, 0.3) is 22.0 Å². The molecule has 0 saturated heterocycles. The molecular formula is C42H42N3O11P. The molecule has 1 aromatic heterocycles. The lowest BCUT2D eigenvalue weighted by atomic mass is 9.98. The summed E-state index contributed by atoms with van der Waals surface area (Å²) >= 11 is 0. The van der Waals surface area contributed by atoms with Crippen LogP contribution < -0.4 is 15.2 Å². The highest BCUT2D eigenvalue weighted by atomic mass is 31.2. The lowest BCUT2D eigenvalue weighted by Gasteiger charge is -2.24. The van der Waals surface area contributed by atoms with Crippen molar-refractivity contribution in [3.63, 3.8) is 0 Å². The Bertz CT molecular complexity index is 2370. The van der Waals surface area contributed by atoms with Gasteiger partial charge < -0.3 is 29.4 Å². The van der Waals surface area contributed by atoms with Gasteiger partial charge in [-0.25, -0.2) is 18.9 Å². The number of rotatable bonds is 10. The molecule has 3 N–H and O–H groups in total. The fraction of sp³-hybridized carbons (Fsp3) is 0.286. The Hall–Kier alpha value is -5.95. The largest absolute Gasteiger partial charge is 0.527 e. The van der Waals surface area contributed by atoms with Crippen molar-refractivity contribution in [2.45, 2.75) is 63.8 Å². The standard InChI is InChI=1S/C42H42N3O11P/c1-42(2,3)55-41(49)45-22-26(28-11-9-10-16-36(28)45)21-34(44-40(48)53-24-33-31-14-7-5-12-29(31)30-13-6-8-15-32(30)33)38(46)43-35(39(47)52-4)20-25-17-18-37-27(19-25)23-54-57(50,51)56-37/h5-19,22,33-35H,20-21,23-24H2,1-4H3,(H,43,46)(H,44,48)(H,50,51)/t34-,35-/m0/s1. The minimum atomic E-state index is -4.23. The third-order valence-corrected chi connectivity index (χ3v) is 10.6. The first-order valence-electron chi connectivity index (χ1n) is 18.3. The number of aromatic nitrogens is 1. The second-order valence-corrected chi connectivity index (χ2v) is 16.2. The van der Waals surface area contributed by atoms with Crippen LogP contribution in [0.5, 0.6) is 5.75 Å². The van der Waals surface area contributed by atoms with Crippen LogP contribution in [0.15, 0.2) is 97.2 Å². The zero-order chi connectivity index (χ0) is 40.5. The summed E-state index contributed by atoms with van der Waals surface area (Å²) in [6, 6.07) is 25.1. The zero-order valence-electron chi connectivity index (χ0n) is 31.7. The van der Waals surface area contributed by atoms with Crippen LogP contribution in [0.2, 0.25) is 0 Å². The number of carbonyl (C=O) groups excluding carboxylic acids is 4. The summed E-state index contributed by atoms with van der Waals surface area (Å²) in [6.45, 7) is 5.07. The van der Waals surface area contributed by atoms with E-state index >= 15 is 0 Å². The number of hydrogen-bond donors (Lipinski definition) is 3. The number of phosphoric ester groups is 1. The van der Waals surface area contributed by atoms with Crippen LogP contribution >= 0.6 is 7.82 Å². The summed E-state index contributed by atoms with van der Waals surface area (Å²) < 4.78 is 39.7.